The number of benzene rings is 1. The third kappa shape index (κ3) is 3.78. The Balaban J connectivity index is 2.63. The number of carbonyl (C=O) groups is 1. The molecule has 1 atom stereocenters. The van der Waals surface area contributed by atoms with E-state index in [4.69, 9.17) is 34.1 Å². The predicted octanol–water partition coefficient (Wildman–Crippen LogP) is 2.11. The number of rotatable bonds is 4. The molecule has 0 aromatic heterocycles. The number of nitrogens with zero attached hydrogens (tertiary/aromatic N) is 1. The van der Waals surface area contributed by atoms with Crippen LogP contribution >= 0.6 is 23.2 Å². The van der Waals surface area contributed by atoms with Crippen LogP contribution in [-0.2, 0) is 0 Å². The molecule has 0 spiro atoms. The van der Waals surface area contributed by atoms with Crippen LogP contribution in [0.15, 0.2) is 23.4 Å². The van der Waals surface area contributed by atoms with Crippen LogP contribution in [0.1, 0.15) is 17.3 Å². The largest absolute Gasteiger partial charge is 0.409 e. The van der Waals surface area contributed by atoms with Gasteiger partial charge in [-0.05, 0) is 18.2 Å². The van der Waals surface area contributed by atoms with Gasteiger partial charge >= 0.3 is 0 Å². The Morgan fingerprint density at radius 1 is 1.50 bits per heavy atom. The van der Waals surface area contributed by atoms with Crippen molar-refractivity contribution in [1.82, 2.24) is 5.32 Å². The molecule has 98 valence electrons. The van der Waals surface area contributed by atoms with Crippen LogP contribution in [0.25, 0.3) is 0 Å². The Morgan fingerprint density at radius 2 is 2.17 bits per heavy atom. The van der Waals surface area contributed by atoms with Gasteiger partial charge in [0.2, 0.25) is 0 Å². The molecule has 0 heterocycles. The molecule has 0 radical (unpaired) electrons. The molecule has 0 saturated carbocycles. The third-order valence-electron chi connectivity index (χ3n) is 2.37. The van der Waals surface area contributed by atoms with Gasteiger partial charge < -0.3 is 16.3 Å². The van der Waals surface area contributed by atoms with Crippen molar-refractivity contribution in [1.29, 1.82) is 0 Å². The zero-order valence-corrected chi connectivity index (χ0v) is 11.2. The van der Waals surface area contributed by atoms with E-state index in [1.807, 2.05) is 0 Å². The van der Waals surface area contributed by atoms with Gasteiger partial charge in [-0.3, -0.25) is 4.79 Å². The van der Waals surface area contributed by atoms with Crippen molar-refractivity contribution in [3.05, 3.63) is 33.8 Å². The monoisotopic (exact) mass is 289 g/mol. The van der Waals surface area contributed by atoms with Crippen LogP contribution in [0.5, 0.6) is 0 Å². The lowest BCUT2D eigenvalue weighted by Gasteiger charge is -2.11. The highest BCUT2D eigenvalue weighted by Gasteiger charge is 2.11. The van der Waals surface area contributed by atoms with E-state index in [2.05, 4.69) is 10.5 Å². The lowest BCUT2D eigenvalue weighted by molar-refractivity contribution is 0.0951. The molecular formula is C11H13Cl2N3O2. The van der Waals surface area contributed by atoms with Crippen LogP contribution in [-0.4, -0.2) is 23.5 Å². The topological polar surface area (TPSA) is 87.7 Å². The van der Waals surface area contributed by atoms with Crippen molar-refractivity contribution >= 4 is 34.9 Å². The van der Waals surface area contributed by atoms with E-state index in [9.17, 15) is 4.79 Å². The highest BCUT2D eigenvalue weighted by Crippen LogP contribution is 2.22. The minimum absolute atomic E-state index is 0.0597. The second-order valence-corrected chi connectivity index (χ2v) is 4.58. The maximum atomic E-state index is 11.8. The number of halogens is 2. The van der Waals surface area contributed by atoms with Gasteiger partial charge in [0.05, 0.1) is 10.0 Å². The van der Waals surface area contributed by atoms with Crippen molar-refractivity contribution in [3.8, 4) is 0 Å². The van der Waals surface area contributed by atoms with E-state index in [1.54, 1.807) is 19.1 Å². The van der Waals surface area contributed by atoms with Gasteiger partial charge in [0.15, 0.2) is 0 Å². The van der Waals surface area contributed by atoms with E-state index in [0.29, 0.717) is 15.6 Å². The minimum Gasteiger partial charge on any atom is -0.409 e. The molecule has 1 amide bonds. The van der Waals surface area contributed by atoms with Crippen molar-refractivity contribution in [2.75, 3.05) is 6.54 Å². The summed E-state index contributed by atoms with van der Waals surface area (Å²) in [6.45, 7) is 1.99. The summed E-state index contributed by atoms with van der Waals surface area (Å²) in [4.78, 5) is 11.8. The maximum Gasteiger partial charge on any atom is 0.251 e. The number of hydrogen-bond donors (Lipinski definition) is 3. The molecule has 4 N–H and O–H groups in total. The van der Waals surface area contributed by atoms with Crippen LogP contribution in [0.4, 0.5) is 0 Å². The molecule has 18 heavy (non-hydrogen) atoms. The van der Waals surface area contributed by atoms with E-state index in [-0.39, 0.29) is 24.2 Å². The normalized spacial score (nSPS) is 13.2. The fraction of sp³-hybridized carbons (Fsp3) is 0.273. The van der Waals surface area contributed by atoms with Crippen molar-refractivity contribution in [2.24, 2.45) is 16.8 Å². The molecule has 0 fully saturated rings. The fourth-order valence-corrected chi connectivity index (χ4v) is 1.49. The standard InChI is InChI=1S/C11H13Cl2N3O2/c1-6(10(14)16-18)5-15-11(17)7-2-3-8(12)9(13)4-7/h2-4,6,18H,5H2,1H3,(H2,14,16)(H,15,17). The molecule has 0 saturated heterocycles. The second kappa shape index (κ2) is 6.47. The smallest absolute Gasteiger partial charge is 0.251 e. The Bertz CT molecular complexity index is 477. The molecule has 1 aromatic rings. The van der Waals surface area contributed by atoms with Crippen LogP contribution in [0.2, 0.25) is 10.0 Å². The average Bonchev–Trinajstić information content (AvgIpc) is 2.37. The van der Waals surface area contributed by atoms with E-state index < -0.39 is 0 Å². The summed E-state index contributed by atoms with van der Waals surface area (Å²) >= 11 is 11.6. The van der Waals surface area contributed by atoms with Gasteiger partial charge in [-0.2, -0.15) is 0 Å². The SMILES string of the molecule is CC(CNC(=O)c1ccc(Cl)c(Cl)c1)C(N)=NO. The number of nitrogens with two attached hydrogens (primary N) is 1. The summed E-state index contributed by atoms with van der Waals surface area (Å²) in [6, 6.07) is 4.59. The molecular weight excluding hydrogens is 277 g/mol. The van der Waals surface area contributed by atoms with E-state index in [0.717, 1.165) is 0 Å². The summed E-state index contributed by atoms with van der Waals surface area (Å²) in [6.07, 6.45) is 0. The van der Waals surface area contributed by atoms with Gasteiger partial charge in [-0.25, -0.2) is 0 Å². The third-order valence-corrected chi connectivity index (χ3v) is 3.11. The summed E-state index contributed by atoms with van der Waals surface area (Å²) in [5, 5.41) is 14.7. The molecule has 0 bridgehead atoms. The average molecular weight is 290 g/mol. The summed E-state index contributed by atoms with van der Waals surface area (Å²) in [7, 11) is 0. The highest BCUT2D eigenvalue weighted by molar-refractivity contribution is 6.42. The predicted molar refractivity (Wildman–Crippen MR) is 71.4 cm³/mol. The Labute approximate surface area is 115 Å². The number of carbonyl (C=O) groups excluding carboxylic acids is 1. The number of hydrogen-bond acceptors (Lipinski definition) is 3. The first-order valence-corrected chi connectivity index (χ1v) is 5.92. The molecule has 0 aliphatic carbocycles. The molecule has 0 aliphatic rings. The molecule has 1 aromatic carbocycles. The zero-order chi connectivity index (χ0) is 13.7. The Hall–Kier alpha value is -1.46. The first-order chi connectivity index (χ1) is 8.45. The molecule has 5 nitrogen and oxygen atoms in total. The Morgan fingerprint density at radius 3 is 2.72 bits per heavy atom. The van der Waals surface area contributed by atoms with Crippen LogP contribution in [0, 0.1) is 5.92 Å². The van der Waals surface area contributed by atoms with E-state index in [1.165, 1.54) is 6.07 Å². The molecule has 7 heteroatoms. The summed E-state index contributed by atoms with van der Waals surface area (Å²) in [5.41, 5.74) is 5.79. The van der Waals surface area contributed by atoms with E-state index >= 15 is 0 Å². The molecule has 0 aliphatic heterocycles. The second-order valence-electron chi connectivity index (χ2n) is 3.76. The van der Waals surface area contributed by atoms with Crippen LogP contribution in [0.3, 0.4) is 0 Å². The summed E-state index contributed by atoms with van der Waals surface area (Å²) in [5.74, 6) is -0.502. The van der Waals surface area contributed by atoms with Gasteiger partial charge in [0.1, 0.15) is 5.84 Å². The number of amidine groups is 1. The van der Waals surface area contributed by atoms with Crippen molar-refractivity contribution in [3.63, 3.8) is 0 Å². The van der Waals surface area contributed by atoms with Gasteiger partial charge in [-0.1, -0.05) is 35.3 Å². The van der Waals surface area contributed by atoms with Gasteiger partial charge in [-0.15, -0.1) is 0 Å². The first-order valence-electron chi connectivity index (χ1n) is 5.16. The first kappa shape index (κ1) is 14.6. The highest BCUT2D eigenvalue weighted by atomic mass is 35.5. The Kier molecular flexibility index (Phi) is 5.25. The molecule has 1 unspecified atom stereocenters. The quantitative estimate of drug-likeness (QED) is 0.343. The van der Waals surface area contributed by atoms with Crippen molar-refractivity contribution in [2.45, 2.75) is 6.92 Å². The number of oxime groups is 1. The van der Waals surface area contributed by atoms with Crippen LogP contribution < -0.4 is 11.1 Å². The maximum absolute atomic E-state index is 11.8. The lowest BCUT2D eigenvalue weighted by atomic mass is 10.1. The molecule has 1 rings (SSSR count). The number of nitrogens with one attached hydrogen (secondary N) is 1. The zero-order valence-electron chi connectivity index (χ0n) is 9.65. The van der Waals surface area contributed by atoms with Gasteiger partial charge in [0.25, 0.3) is 5.91 Å². The summed E-state index contributed by atoms with van der Waals surface area (Å²) < 4.78 is 0. The fourth-order valence-electron chi connectivity index (χ4n) is 1.19. The van der Waals surface area contributed by atoms with Crippen molar-refractivity contribution < 1.29 is 10.0 Å². The lowest BCUT2D eigenvalue weighted by Crippen LogP contribution is -2.34. The number of amides is 1. The minimum atomic E-state index is -0.300. The van der Waals surface area contributed by atoms with Gasteiger partial charge in [0, 0.05) is 18.0 Å².